The van der Waals surface area contributed by atoms with Crippen molar-refractivity contribution in [3.8, 4) is 22.6 Å². The highest BCUT2D eigenvalue weighted by atomic mass is 35.5. The first-order valence-corrected chi connectivity index (χ1v) is 6.03. The molecule has 0 unspecified atom stereocenters. The summed E-state index contributed by atoms with van der Waals surface area (Å²) in [5, 5.41) is 0.561. The number of aryl methyl sites for hydroxylation is 1. The summed E-state index contributed by atoms with van der Waals surface area (Å²) in [5.74, 6) is 1.30. The lowest BCUT2D eigenvalue weighted by molar-refractivity contribution is 0.281. The van der Waals surface area contributed by atoms with E-state index in [1.54, 1.807) is 7.11 Å². The molecule has 3 rings (SSSR count). The number of rotatable bonds is 1. The van der Waals surface area contributed by atoms with Crippen LogP contribution in [0.15, 0.2) is 24.4 Å². The average Bonchev–Trinajstić information content (AvgIpc) is 2.38. The van der Waals surface area contributed by atoms with Gasteiger partial charge in [-0.25, -0.2) is 0 Å². The van der Waals surface area contributed by atoms with E-state index >= 15 is 0 Å². The number of nitrogens with zero attached hydrogens (tertiary/aromatic N) is 1. The van der Waals surface area contributed by atoms with E-state index in [-0.39, 0.29) is 0 Å². The van der Waals surface area contributed by atoms with E-state index in [9.17, 15) is 0 Å². The summed E-state index contributed by atoms with van der Waals surface area (Å²) >= 11 is 6.10. The molecule has 18 heavy (non-hydrogen) atoms. The van der Waals surface area contributed by atoms with Crippen molar-refractivity contribution in [2.75, 3.05) is 7.11 Å². The lowest BCUT2D eigenvalue weighted by Crippen LogP contribution is -2.08. The predicted molar refractivity (Wildman–Crippen MR) is 70.3 cm³/mol. The zero-order chi connectivity index (χ0) is 12.7. The zero-order valence-electron chi connectivity index (χ0n) is 10.2. The Morgan fingerprint density at radius 2 is 2.17 bits per heavy atom. The van der Waals surface area contributed by atoms with Gasteiger partial charge in [-0.1, -0.05) is 11.6 Å². The number of pyridine rings is 1. The van der Waals surface area contributed by atoms with Gasteiger partial charge in [-0.05, 0) is 30.7 Å². The second-order valence-electron chi connectivity index (χ2n) is 4.23. The minimum atomic E-state index is 0.492. The molecule has 0 amide bonds. The Labute approximate surface area is 110 Å². The average molecular weight is 262 g/mol. The quantitative estimate of drug-likeness (QED) is 0.786. The molecule has 1 aliphatic heterocycles. The summed E-state index contributed by atoms with van der Waals surface area (Å²) in [6, 6.07) is 5.84. The summed E-state index contributed by atoms with van der Waals surface area (Å²) in [4.78, 5) is 4.29. The Hall–Kier alpha value is -1.74. The lowest BCUT2D eigenvalue weighted by Gasteiger charge is -2.23. The molecule has 0 saturated carbocycles. The van der Waals surface area contributed by atoms with Crippen molar-refractivity contribution in [2.24, 2.45) is 0 Å². The van der Waals surface area contributed by atoms with Crippen molar-refractivity contribution >= 4 is 11.6 Å². The van der Waals surface area contributed by atoms with Crippen LogP contribution in [0, 0.1) is 6.92 Å². The van der Waals surface area contributed by atoms with Crippen molar-refractivity contribution in [3.63, 3.8) is 0 Å². The van der Waals surface area contributed by atoms with Crippen molar-refractivity contribution in [1.82, 2.24) is 4.98 Å². The smallest absolute Gasteiger partial charge is 0.180 e. The summed E-state index contributed by atoms with van der Waals surface area (Å²) in [6.07, 6.45) is 1.86. The normalized spacial score (nSPS) is 12.4. The fourth-order valence-electron chi connectivity index (χ4n) is 2.19. The van der Waals surface area contributed by atoms with E-state index < -0.39 is 0 Å². The van der Waals surface area contributed by atoms with Gasteiger partial charge in [0.05, 0.1) is 12.1 Å². The standard InChI is InChI=1S/C14H12ClNO2/c1-8-5-11-9(6-16-8)7-18-13-10(11)3-4-12(15)14(13)17-2/h3-6H,7H2,1-2H3. The van der Waals surface area contributed by atoms with Crippen LogP contribution in [0.1, 0.15) is 11.3 Å². The van der Waals surface area contributed by atoms with Gasteiger partial charge in [-0.2, -0.15) is 0 Å². The number of aromatic nitrogens is 1. The van der Waals surface area contributed by atoms with Gasteiger partial charge in [-0.15, -0.1) is 0 Å². The van der Waals surface area contributed by atoms with Gasteiger partial charge in [0.15, 0.2) is 11.5 Å². The third kappa shape index (κ3) is 1.63. The van der Waals surface area contributed by atoms with Crippen molar-refractivity contribution in [3.05, 3.63) is 40.7 Å². The molecule has 0 aliphatic carbocycles. The van der Waals surface area contributed by atoms with Gasteiger partial charge in [0.1, 0.15) is 6.61 Å². The van der Waals surface area contributed by atoms with Crippen LogP contribution in [0.5, 0.6) is 11.5 Å². The second kappa shape index (κ2) is 4.18. The van der Waals surface area contributed by atoms with Crippen LogP contribution in [-0.4, -0.2) is 12.1 Å². The highest BCUT2D eigenvalue weighted by molar-refractivity contribution is 6.32. The van der Waals surface area contributed by atoms with Gasteiger partial charge in [-0.3, -0.25) is 4.98 Å². The van der Waals surface area contributed by atoms with Crippen LogP contribution in [0.4, 0.5) is 0 Å². The highest BCUT2D eigenvalue weighted by Crippen LogP contribution is 2.46. The van der Waals surface area contributed by atoms with E-state index in [0.717, 1.165) is 22.4 Å². The van der Waals surface area contributed by atoms with Gasteiger partial charge in [0, 0.05) is 23.0 Å². The third-order valence-electron chi connectivity index (χ3n) is 3.05. The molecule has 0 bridgehead atoms. The number of halogens is 1. The molecule has 92 valence electrons. The minimum absolute atomic E-state index is 0.492. The van der Waals surface area contributed by atoms with Gasteiger partial charge in [0.25, 0.3) is 0 Å². The van der Waals surface area contributed by atoms with Crippen LogP contribution >= 0.6 is 11.6 Å². The number of hydrogen-bond donors (Lipinski definition) is 0. The molecule has 0 spiro atoms. The first kappa shape index (κ1) is 11.4. The van der Waals surface area contributed by atoms with Crippen LogP contribution < -0.4 is 9.47 Å². The first-order chi connectivity index (χ1) is 8.70. The SMILES string of the molecule is COc1c(Cl)ccc2c1OCc1cnc(C)cc1-2. The number of hydrogen-bond acceptors (Lipinski definition) is 3. The van der Waals surface area contributed by atoms with E-state index in [4.69, 9.17) is 21.1 Å². The molecule has 0 fully saturated rings. The maximum absolute atomic E-state index is 6.10. The first-order valence-electron chi connectivity index (χ1n) is 5.66. The molecule has 2 heterocycles. The lowest BCUT2D eigenvalue weighted by atomic mass is 9.97. The molecule has 1 aromatic carbocycles. The van der Waals surface area contributed by atoms with E-state index in [2.05, 4.69) is 11.1 Å². The molecule has 0 radical (unpaired) electrons. The number of ether oxygens (including phenoxy) is 2. The van der Waals surface area contributed by atoms with Crippen molar-refractivity contribution in [1.29, 1.82) is 0 Å². The Bertz CT molecular complexity index is 625. The third-order valence-corrected chi connectivity index (χ3v) is 3.35. The maximum Gasteiger partial charge on any atom is 0.180 e. The number of fused-ring (bicyclic) bond motifs is 3. The zero-order valence-corrected chi connectivity index (χ0v) is 10.9. The summed E-state index contributed by atoms with van der Waals surface area (Å²) in [6.45, 7) is 2.47. The summed E-state index contributed by atoms with van der Waals surface area (Å²) < 4.78 is 11.1. The number of methoxy groups -OCH3 is 1. The second-order valence-corrected chi connectivity index (χ2v) is 4.64. The van der Waals surface area contributed by atoms with Gasteiger partial charge >= 0.3 is 0 Å². The predicted octanol–water partition coefficient (Wildman–Crippen LogP) is 3.61. The van der Waals surface area contributed by atoms with Crippen LogP contribution in [0.25, 0.3) is 11.1 Å². The maximum atomic E-state index is 6.10. The largest absolute Gasteiger partial charge is 0.491 e. The molecule has 1 aromatic heterocycles. The monoisotopic (exact) mass is 261 g/mol. The summed E-state index contributed by atoms with van der Waals surface area (Å²) in [5.41, 5.74) is 4.20. The van der Waals surface area contributed by atoms with E-state index in [1.165, 1.54) is 0 Å². The fourth-order valence-corrected chi connectivity index (χ4v) is 2.41. The molecule has 1 aliphatic rings. The van der Waals surface area contributed by atoms with E-state index in [1.807, 2.05) is 25.3 Å². The Kier molecular flexibility index (Phi) is 2.63. The molecule has 2 aromatic rings. The van der Waals surface area contributed by atoms with Crippen molar-refractivity contribution < 1.29 is 9.47 Å². The molecular formula is C14H12ClNO2. The van der Waals surface area contributed by atoms with Gasteiger partial charge < -0.3 is 9.47 Å². The minimum Gasteiger partial charge on any atom is -0.491 e. The molecule has 4 heteroatoms. The van der Waals surface area contributed by atoms with E-state index in [0.29, 0.717) is 23.1 Å². The van der Waals surface area contributed by atoms with Crippen molar-refractivity contribution in [2.45, 2.75) is 13.5 Å². The Morgan fingerprint density at radius 1 is 1.33 bits per heavy atom. The number of benzene rings is 1. The van der Waals surface area contributed by atoms with Gasteiger partial charge in [0.2, 0.25) is 0 Å². The molecule has 0 saturated heterocycles. The Balaban J connectivity index is 2.27. The molecule has 3 nitrogen and oxygen atoms in total. The Morgan fingerprint density at radius 3 is 2.94 bits per heavy atom. The topological polar surface area (TPSA) is 31.4 Å². The molecule has 0 atom stereocenters. The highest BCUT2D eigenvalue weighted by Gasteiger charge is 2.22. The fraction of sp³-hybridized carbons (Fsp3) is 0.214. The molecule has 0 N–H and O–H groups in total. The van der Waals surface area contributed by atoms with Crippen LogP contribution in [0.2, 0.25) is 5.02 Å². The summed E-state index contributed by atoms with van der Waals surface area (Å²) in [7, 11) is 1.60. The molecular weight excluding hydrogens is 250 g/mol. The van der Waals surface area contributed by atoms with Crippen LogP contribution in [-0.2, 0) is 6.61 Å². The van der Waals surface area contributed by atoms with Crippen LogP contribution in [0.3, 0.4) is 0 Å².